The van der Waals surface area contributed by atoms with Gasteiger partial charge >= 0.3 is 5.97 Å². The number of hydrogen-bond donors (Lipinski definition) is 0. The van der Waals surface area contributed by atoms with Crippen LogP contribution in [0.25, 0.3) is 6.08 Å². The molecule has 0 aliphatic carbocycles. The van der Waals surface area contributed by atoms with Gasteiger partial charge < -0.3 is 9.47 Å². The summed E-state index contributed by atoms with van der Waals surface area (Å²) in [5.41, 5.74) is 1.89. The van der Waals surface area contributed by atoms with E-state index in [1.807, 2.05) is 56.3 Å². The van der Waals surface area contributed by atoms with Gasteiger partial charge in [0.05, 0.1) is 6.10 Å². The number of nitrogens with zero attached hydrogens (tertiary/aromatic N) is 1. The summed E-state index contributed by atoms with van der Waals surface area (Å²) in [7, 11) is 0. The Hall–Kier alpha value is -1.67. The first-order valence-electron chi connectivity index (χ1n) is 7.67. The van der Waals surface area contributed by atoms with Crippen LogP contribution in [-0.2, 0) is 9.53 Å². The number of halogens is 2. The summed E-state index contributed by atoms with van der Waals surface area (Å²) in [6, 6.07) is 13.2. The zero-order valence-corrected chi connectivity index (χ0v) is 17.4. The van der Waals surface area contributed by atoms with E-state index in [0.717, 1.165) is 24.9 Å². The Kier molecular flexibility index (Phi) is 5.58. The molecule has 0 saturated carbocycles. The summed E-state index contributed by atoms with van der Waals surface area (Å²) in [4.78, 5) is 16.4. The molecule has 1 heterocycles. The standard InChI is InChI=1S/C19H15BrINO3/c1-11(2)24-14-6-3-12(4-7-14)9-17-19(23)25-18(22-17)13-5-8-16(21)15(20)10-13/h3-11H,1-2H3/b17-9-. The lowest BCUT2D eigenvalue weighted by Crippen LogP contribution is -2.05. The van der Waals surface area contributed by atoms with Crippen molar-refractivity contribution in [3.63, 3.8) is 0 Å². The van der Waals surface area contributed by atoms with Crippen molar-refractivity contribution in [2.24, 2.45) is 4.99 Å². The minimum Gasteiger partial charge on any atom is -0.491 e. The van der Waals surface area contributed by atoms with Crippen LogP contribution in [0.1, 0.15) is 25.0 Å². The summed E-state index contributed by atoms with van der Waals surface area (Å²) in [6.07, 6.45) is 1.82. The number of esters is 1. The van der Waals surface area contributed by atoms with Gasteiger partial charge in [-0.2, -0.15) is 0 Å². The number of hydrogen-bond acceptors (Lipinski definition) is 4. The lowest BCUT2D eigenvalue weighted by molar-refractivity contribution is -0.129. The van der Waals surface area contributed by atoms with Gasteiger partial charge in [-0.15, -0.1) is 0 Å². The zero-order valence-electron chi connectivity index (χ0n) is 13.6. The number of cyclic esters (lactones) is 1. The fourth-order valence-corrected chi connectivity index (χ4v) is 2.95. The average molecular weight is 512 g/mol. The summed E-state index contributed by atoms with van der Waals surface area (Å²) < 4.78 is 12.9. The quantitative estimate of drug-likeness (QED) is 0.322. The number of rotatable bonds is 4. The van der Waals surface area contributed by atoms with Crippen LogP contribution in [0.2, 0.25) is 0 Å². The highest BCUT2D eigenvalue weighted by atomic mass is 127. The molecule has 4 nitrogen and oxygen atoms in total. The molecule has 0 atom stereocenters. The lowest BCUT2D eigenvalue weighted by atomic mass is 10.2. The van der Waals surface area contributed by atoms with E-state index in [2.05, 4.69) is 43.5 Å². The summed E-state index contributed by atoms with van der Waals surface area (Å²) >= 11 is 5.69. The van der Waals surface area contributed by atoms with E-state index in [4.69, 9.17) is 9.47 Å². The van der Waals surface area contributed by atoms with Gasteiger partial charge in [0, 0.05) is 13.6 Å². The topological polar surface area (TPSA) is 47.9 Å². The average Bonchev–Trinajstić information content (AvgIpc) is 2.92. The second-order valence-corrected chi connectivity index (χ2v) is 7.72. The van der Waals surface area contributed by atoms with Crippen molar-refractivity contribution in [2.45, 2.75) is 20.0 Å². The van der Waals surface area contributed by atoms with Gasteiger partial charge in [0.25, 0.3) is 0 Å². The molecule has 1 aliphatic rings. The molecule has 2 aromatic carbocycles. The third-order valence-corrected chi connectivity index (χ3v) is 5.68. The lowest BCUT2D eigenvalue weighted by Gasteiger charge is -2.09. The Morgan fingerprint density at radius 2 is 1.92 bits per heavy atom. The molecule has 6 heteroatoms. The Morgan fingerprint density at radius 1 is 1.20 bits per heavy atom. The van der Waals surface area contributed by atoms with Crippen molar-refractivity contribution in [3.05, 3.63) is 67.3 Å². The van der Waals surface area contributed by atoms with Gasteiger partial charge in [-0.05, 0) is 94.3 Å². The van der Waals surface area contributed by atoms with Crippen LogP contribution in [-0.4, -0.2) is 18.0 Å². The van der Waals surface area contributed by atoms with E-state index in [0.29, 0.717) is 5.90 Å². The smallest absolute Gasteiger partial charge is 0.363 e. The second-order valence-electron chi connectivity index (χ2n) is 5.70. The molecule has 0 fully saturated rings. The zero-order chi connectivity index (χ0) is 18.0. The largest absolute Gasteiger partial charge is 0.491 e. The SMILES string of the molecule is CC(C)Oc1ccc(/C=C2\N=C(c3ccc(I)c(Br)c3)OC2=O)cc1. The molecule has 1 aliphatic heterocycles. The van der Waals surface area contributed by atoms with Crippen LogP contribution in [0.4, 0.5) is 0 Å². The molecule has 0 aromatic heterocycles. The molecule has 0 amide bonds. The molecule has 128 valence electrons. The van der Waals surface area contributed by atoms with Crippen LogP contribution in [0.3, 0.4) is 0 Å². The molecule has 0 radical (unpaired) electrons. The number of ether oxygens (including phenoxy) is 2. The van der Waals surface area contributed by atoms with Crippen LogP contribution < -0.4 is 4.74 Å². The van der Waals surface area contributed by atoms with Crippen molar-refractivity contribution < 1.29 is 14.3 Å². The molecule has 25 heavy (non-hydrogen) atoms. The van der Waals surface area contributed by atoms with Gasteiger partial charge in [-0.1, -0.05) is 12.1 Å². The minimum absolute atomic E-state index is 0.120. The number of carbonyl (C=O) groups excluding carboxylic acids is 1. The Labute approximate surface area is 168 Å². The predicted molar refractivity (Wildman–Crippen MR) is 110 cm³/mol. The number of carbonyl (C=O) groups is 1. The summed E-state index contributed by atoms with van der Waals surface area (Å²) in [6.45, 7) is 3.95. The van der Waals surface area contributed by atoms with Crippen LogP contribution in [0.5, 0.6) is 5.75 Å². The molecule has 0 unspecified atom stereocenters. The van der Waals surface area contributed by atoms with Gasteiger partial charge in [-0.25, -0.2) is 9.79 Å². The van der Waals surface area contributed by atoms with Crippen molar-refractivity contribution in [1.29, 1.82) is 0 Å². The maximum atomic E-state index is 12.1. The second kappa shape index (κ2) is 7.70. The fraction of sp³-hybridized carbons (Fsp3) is 0.158. The first kappa shape index (κ1) is 18.1. The Bertz CT molecular complexity index is 873. The number of aliphatic imine (C=N–C) groups is 1. The van der Waals surface area contributed by atoms with E-state index >= 15 is 0 Å². The molecule has 0 saturated heterocycles. The van der Waals surface area contributed by atoms with E-state index in [9.17, 15) is 4.79 Å². The van der Waals surface area contributed by atoms with Crippen LogP contribution in [0, 0.1) is 3.57 Å². The van der Waals surface area contributed by atoms with Crippen molar-refractivity contribution >= 4 is 56.5 Å². The molecular formula is C19H15BrINO3. The maximum Gasteiger partial charge on any atom is 0.363 e. The maximum absolute atomic E-state index is 12.1. The molecule has 0 spiro atoms. The Balaban J connectivity index is 1.84. The monoisotopic (exact) mass is 511 g/mol. The van der Waals surface area contributed by atoms with E-state index in [1.54, 1.807) is 6.08 Å². The van der Waals surface area contributed by atoms with Gasteiger partial charge in [-0.3, -0.25) is 0 Å². The summed E-state index contributed by atoms with van der Waals surface area (Å²) in [5, 5.41) is 0. The first-order valence-corrected chi connectivity index (χ1v) is 9.54. The van der Waals surface area contributed by atoms with E-state index < -0.39 is 5.97 Å². The molecule has 2 aromatic rings. The third kappa shape index (κ3) is 4.49. The van der Waals surface area contributed by atoms with Gasteiger partial charge in [0.2, 0.25) is 5.90 Å². The third-order valence-electron chi connectivity index (χ3n) is 3.34. The van der Waals surface area contributed by atoms with Crippen molar-refractivity contribution in [2.75, 3.05) is 0 Å². The van der Waals surface area contributed by atoms with E-state index in [-0.39, 0.29) is 11.8 Å². The summed E-state index contributed by atoms with van der Waals surface area (Å²) in [5.74, 6) is 0.652. The van der Waals surface area contributed by atoms with Gasteiger partial charge in [0.1, 0.15) is 5.75 Å². The van der Waals surface area contributed by atoms with Crippen LogP contribution >= 0.6 is 38.5 Å². The first-order chi connectivity index (χ1) is 11.9. The van der Waals surface area contributed by atoms with Crippen molar-refractivity contribution in [1.82, 2.24) is 0 Å². The van der Waals surface area contributed by atoms with Crippen molar-refractivity contribution in [3.8, 4) is 5.75 Å². The van der Waals surface area contributed by atoms with Crippen LogP contribution in [0.15, 0.2) is 57.6 Å². The fourth-order valence-electron chi connectivity index (χ4n) is 2.23. The number of benzene rings is 2. The highest BCUT2D eigenvalue weighted by Gasteiger charge is 2.24. The minimum atomic E-state index is -0.452. The normalized spacial score (nSPS) is 15.5. The highest BCUT2D eigenvalue weighted by molar-refractivity contribution is 14.1. The molecular weight excluding hydrogens is 497 g/mol. The highest BCUT2D eigenvalue weighted by Crippen LogP contribution is 2.24. The predicted octanol–water partition coefficient (Wildman–Crippen LogP) is 5.19. The molecule has 3 rings (SSSR count). The molecule has 0 bridgehead atoms. The Morgan fingerprint density at radius 3 is 2.56 bits per heavy atom. The van der Waals surface area contributed by atoms with E-state index in [1.165, 1.54) is 0 Å². The molecule has 0 N–H and O–H groups in total. The van der Waals surface area contributed by atoms with Gasteiger partial charge in [0.15, 0.2) is 5.70 Å².